The van der Waals surface area contributed by atoms with Crippen LogP contribution in [-0.2, 0) is 4.79 Å². The van der Waals surface area contributed by atoms with Gasteiger partial charge in [0, 0.05) is 6.08 Å². The SMILES string of the molecule is O=C(/C=C/c1ccccc1)Nc1ccccc1-c1nc(-c2cccs2)no1. The zero-order chi connectivity index (χ0) is 18.5. The van der Waals surface area contributed by atoms with Gasteiger partial charge >= 0.3 is 0 Å². The topological polar surface area (TPSA) is 68.0 Å². The van der Waals surface area contributed by atoms with Crippen LogP contribution in [0.1, 0.15) is 5.56 Å². The van der Waals surface area contributed by atoms with Crippen LogP contribution in [0.2, 0.25) is 0 Å². The van der Waals surface area contributed by atoms with Crippen molar-refractivity contribution in [3.63, 3.8) is 0 Å². The average Bonchev–Trinajstić information content (AvgIpc) is 3.39. The lowest BCUT2D eigenvalue weighted by Crippen LogP contribution is -2.08. The monoisotopic (exact) mass is 373 g/mol. The van der Waals surface area contributed by atoms with Gasteiger partial charge in [-0.1, -0.05) is 53.7 Å². The van der Waals surface area contributed by atoms with Crippen LogP contribution >= 0.6 is 11.3 Å². The van der Waals surface area contributed by atoms with Crippen LogP contribution in [0.15, 0.2) is 82.7 Å². The first-order valence-electron chi connectivity index (χ1n) is 8.31. The first kappa shape index (κ1) is 16.9. The van der Waals surface area contributed by atoms with E-state index in [0.29, 0.717) is 23.0 Å². The molecule has 0 aliphatic carbocycles. The Morgan fingerprint density at radius 2 is 1.81 bits per heavy atom. The molecule has 27 heavy (non-hydrogen) atoms. The van der Waals surface area contributed by atoms with Gasteiger partial charge in [0.15, 0.2) is 0 Å². The van der Waals surface area contributed by atoms with Crippen molar-refractivity contribution >= 4 is 29.0 Å². The number of benzene rings is 2. The van der Waals surface area contributed by atoms with Gasteiger partial charge in [-0.25, -0.2) is 0 Å². The highest BCUT2D eigenvalue weighted by molar-refractivity contribution is 7.13. The number of carbonyl (C=O) groups excluding carboxylic acids is 1. The summed E-state index contributed by atoms with van der Waals surface area (Å²) in [6.45, 7) is 0. The molecule has 2 aromatic heterocycles. The largest absolute Gasteiger partial charge is 0.334 e. The number of nitrogens with zero attached hydrogens (tertiary/aromatic N) is 2. The van der Waals surface area contributed by atoms with E-state index in [0.717, 1.165) is 10.4 Å². The molecule has 0 saturated carbocycles. The lowest BCUT2D eigenvalue weighted by Gasteiger charge is -2.06. The maximum absolute atomic E-state index is 12.3. The summed E-state index contributed by atoms with van der Waals surface area (Å²) < 4.78 is 5.40. The molecule has 132 valence electrons. The summed E-state index contributed by atoms with van der Waals surface area (Å²) in [7, 11) is 0. The number of carbonyl (C=O) groups is 1. The highest BCUT2D eigenvalue weighted by Crippen LogP contribution is 2.29. The Balaban J connectivity index is 1.55. The Hall–Kier alpha value is -3.51. The standard InChI is InChI=1S/C21H15N3O2S/c25-19(13-12-15-7-2-1-3-8-15)22-17-10-5-4-9-16(17)21-23-20(24-26-21)18-11-6-14-27-18/h1-14H,(H,22,25)/b13-12+. The Bertz CT molecular complexity index is 1070. The van der Waals surface area contributed by atoms with Crippen molar-refractivity contribution < 1.29 is 9.32 Å². The number of hydrogen-bond acceptors (Lipinski definition) is 5. The van der Waals surface area contributed by atoms with Crippen molar-refractivity contribution in [2.75, 3.05) is 5.32 Å². The second-order valence-electron chi connectivity index (χ2n) is 5.68. The van der Waals surface area contributed by atoms with Crippen LogP contribution in [0.4, 0.5) is 5.69 Å². The Morgan fingerprint density at radius 3 is 2.63 bits per heavy atom. The molecule has 6 heteroatoms. The van der Waals surface area contributed by atoms with Gasteiger partial charge in [0.25, 0.3) is 5.89 Å². The lowest BCUT2D eigenvalue weighted by molar-refractivity contribution is -0.111. The van der Waals surface area contributed by atoms with E-state index in [9.17, 15) is 4.79 Å². The highest BCUT2D eigenvalue weighted by atomic mass is 32.1. The summed E-state index contributed by atoms with van der Waals surface area (Å²) >= 11 is 1.54. The fourth-order valence-electron chi connectivity index (χ4n) is 2.53. The van der Waals surface area contributed by atoms with Gasteiger partial charge in [0.1, 0.15) is 0 Å². The van der Waals surface area contributed by atoms with E-state index in [1.165, 1.54) is 6.08 Å². The van der Waals surface area contributed by atoms with E-state index in [1.807, 2.05) is 66.0 Å². The Morgan fingerprint density at radius 1 is 1.00 bits per heavy atom. The van der Waals surface area contributed by atoms with Crippen molar-refractivity contribution in [1.82, 2.24) is 10.1 Å². The quantitative estimate of drug-likeness (QED) is 0.493. The molecule has 0 bridgehead atoms. The van der Waals surface area contributed by atoms with Crippen LogP contribution < -0.4 is 5.32 Å². The normalized spacial score (nSPS) is 11.0. The number of hydrogen-bond donors (Lipinski definition) is 1. The molecule has 0 radical (unpaired) electrons. The molecule has 1 amide bonds. The van der Waals surface area contributed by atoms with Gasteiger partial charge in [0.05, 0.1) is 16.1 Å². The molecule has 0 atom stereocenters. The molecular weight excluding hydrogens is 358 g/mol. The second-order valence-corrected chi connectivity index (χ2v) is 6.63. The van der Waals surface area contributed by atoms with Crippen LogP contribution in [-0.4, -0.2) is 16.0 Å². The van der Waals surface area contributed by atoms with Gasteiger partial charge < -0.3 is 9.84 Å². The van der Waals surface area contributed by atoms with E-state index in [2.05, 4.69) is 15.5 Å². The third-order valence-corrected chi connectivity index (χ3v) is 4.68. The maximum atomic E-state index is 12.3. The minimum atomic E-state index is -0.232. The van der Waals surface area contributed by atoms with Crippen molar-refractivity contribution in [3.8, 4) is 22.2 Å². The molecule has 4 rings (SSSR count). The summed E-state index contributed by atoms with van der Waals surface area (Å²) in [6.07, 6.45) is 3.26. The summed E-state index contributed by atoms with van der Waals surface area (Å²) in [5.74, 6) is 0.663. The van der Waals surface area contributed by atoms with Gasteiger partial charge in [-0.15, -0.1) is 11.3 Å². The maximum Gasteiger partial charge on any atom is 0.260 e. The third kappa shape index (κ3) is 4.02. The number of anilines is 1. The fraction of sp³-hybridized carbons (Fsp3) is 0. The molecule has 0 spiro atoms. The molecule has 5 nitrogen and oxygen atoms in total. The van der Waals surface area contributed by atoms with E-state index < -0.39 is 0 Å². The van der Waals surface area contributed by atoms with Crippen LogP contribution in [0.3, 0.4) is 0 Å². The molecule has 0 aliphatic rings. The highest BCUT2D eigenvalue weighted by Gasteiger charge is 2.15. The number of rotatable bonds is 5. The van der Waals surface area contributed by atoms with E-state index in [-0.39, 0.29) is 5.91 Å². The minimum absolute atomic E-state index is 0.232. The van der Waals surface area contributed by atoms with Gasteiger partial charge in [-0.05, 0) is 35.2 Å². The van der Waals surface area contributed by atoms with Crippen molar-refractivity contribution in [3.05, 3.63) is 83.7 Å². The molecular formula is C21H15N3O2S. The van der Waals surface area contributed by atoms with Crippen LogP contribution in [0.25, 0.3) is 28.2 Å². The number of thiophene rings is 1. The molecule has 4 aromatic rings. The van der Waals surface area contributed by atoms with Gasteiger partial charge in [0.2, 0.25) is 11.7 Å². The van der Waals surface area contributed by atoms with Gasteiger partial charge in [-0.3, -0.25) is 4.79 Å². The molecule has 2 heterocycles. The van der Waals surface area contributed by atoms with E-state index in [1.54, 1.807) is 23.5 Å². The summed E-state index contributed by atoms with van der Waals surface area (Å²) in [4.78, 5) is 17.7. The number of amides is 1. The zero-order valence-electron chi connectivity index (χ0n) is 14.2. The first-order chi connectivity index (χ1) is 13.3. The molecule has 1 N–H and O–H groups in total. The molecule has 0 saturated heterocycles. The first-order valence-corrected chi connectivity index (χ1v) is 9.19. The molecule has 0 aliphatic heterocycles. The molecule has 0 fully saturated rings. The van der Waals surface area contributed by atoms with E-state index in [4.69, 9.17) is 4.52 Å². The van der Waals surface area contributed by atoms with Gasteiger partial charge in [-0.2, -0.15) is 4.98 Å². The number of para-hydroxylation sites is 1. The number of nitrogens with one attached hydrogen (secondary N) is 1. The average molecular weight is 373 g/mol. The van der Waals surface area contributed by atoms with E-state index >= 15 is 0 Å². The predicted octanol–water partition coefficient (Wildman–Crippen LogP) is 5.12. The van der Waals surface area contributed by atoms with Crippen LogP contribution in [0.5, 0.6) is 0 Å². The van der Waals surface area contributed by atoms with Crippen molar-refractivity contribution in [2.45, 2.75) is 0 Å². The third-order valence-electron chi connectivity index (χ3n) is 3.81. The van der Waals surface area contributed by atoms with Crippen LogP contribution in [0, 0.1) is 0 Å². The lowest BCUT2D eigenvalue weighted by atomic mass is 10.1. The summed E-state index contributed by atoms with van der Waals surface area (Å²) in [5.41, 5.74) is 2.24. The summed E-state index contributed by atoms with van der Waals surface area (Å²) in [6, 6.07) is 20.9. The molecule has 0 unspecified atom stereocenters. The second kappa shape index (κ2) is 7.80. The predicted molar refractivity (Wildman–Crippen MR) is 107 cm³/mol. The smallest absolute Gasteiger partial charge is 0.260 e. The Kier molecular flexibility index (Phi) is 4.89. The zero-order valence-corrected chi connectivity index (χ0v) is 15.0. The molecule has 2 aromatic carbocycles. The Labute approximate surface area is 160 Å². The minimum Gasteiger partial charge on any atom is -0.334 e. The van der Waals surface area contributed by atoms with Crippen molar-refractivity contribution in [2.24, 2.45) is 0 Å². The summed E-state index contributed by atoms with van der Waals surface area (Å²) in [5, 5.41) is 8.86. The van der Waals surface area contributed by atoms with Crippen molar-refractivity contribution in [1.29, 1.82) is 0 Å². The number of aromatic nitrogens is 2. The fourth-order valence-corrected chi connectivity index (χ4v) is 3.18.